The van der Waals surface area contributed by atoms with Crippen LogP contribution in [0.15, 0.2) is 18.2 Å². The van der Waals surface area contributed by atoms with Crippen molar-refractivity contribution in [2.45, 2.75) is 32.6 Å². The highest BCUT2D eigenvalue weighted by molar-refractivity contribution is 6.08. The highest BCUT2D eigenvalue weighted by Crippen LogP contribution is 2.30. The second-order valence-electron chi connectivity index (χ2n) is 4.91. The zero-order valence-corrected chi connectivity index (χ0v) is 11.0. The maximum Gasteiger partial charge on any atom is 0.160 e. The van der Waals surface area contributed by atoms with Crippen LogP contribution in [0.4, 0.5) is 0 Å². The van der Waals surface area contributed by atoms with Gasteiger partial charge >= 0.3 is 0 Å². The molecule has 0 amide bonds. The minimum atomic E-state index is -0.0315. The Bertz CT molecular complexity index is 473. The average Bonchev–Trinajstić information content (AvgIpc) is 2.38. The molecule has 2 rings (SSSR count). The largest absolute Gasteiger partial charge is 0.317 e. The lowest BCUT2D eigenvalue weighted by Gasteiger charge is -2.25. The molecule has 0 saturated carbocycles. The number of carbonyl (C=O) groups excluding carboxylic acids is 2. The third-order valence-corrected chi connectivity index (χ3v) is 3.61. The molecule has 0 atom stereocenters. The van der Waals surface area contributed by atoms with E-state index in [1.165, 1.54) is 6.92 Å². The van der Waals surface area contributed by atoms with Gasteiger partial charge in [0.2, 0.25) is 0 Å². The molecular formula is C15H19NO2. The van der Waals surface area contributed by atoms with Crippen LogP contribution < -0.4 is 5.32 Å². The van der Waals surface area contributed by atoms with Crippen molar-refractivity contribution in [2.24, 2.45) is 0 Å². The van der Waals surface area contributed by atoms with Crippen molar-refractivity contribution in [3.63, 3.8) is 0 Å². The number of carbonyl (C=O) groups is 2. The Labute approximate surface area is 108 Å². The molecule has 1 N–H and O–H groups in total. The minimum Gasteiger partial charge on any atom is -0.317 e. The number of benzene rings is 1. The van der Waals surface area contributed by atoms with Gasteiger partial charge in [0.1, 0.15) is 0 Å². The summed E-state index contributed by atoms with van der Waals surface area (Å²) in [5, 5.41) is 3.32. The van der Waals surface area contributed by atoms with Gasteiger partial charge in [0.15, 0.2) is 11.6 Å². The highest BCUT2D eigenvalue weighted by Gasteiger charge is 2.22. The molecule has 18 heavy (non-hydrogen) atoms. The number of rotatable bonds is 3. The average molecular weight is 245 g/mol. The normalized spacial score (nSPS) is 16.6. The fourth-order valence-electron chi connectivity index (χ4n) is 2.73. The maximum atomic E-state index is 11.9. The number of piperidine rings is 1. The fourth-order valence-corrected chi connectivity index (χ4v) is 2.73. The second-order valence-corrected chi connectivity index (χ2v) is 4.91. The molecule has 1 heterocycles. The summed E-state index contributed by atoms with van der Waals surface area (Å²) in [7, 11) is 0. The molecule has 1 aliphatic heterocycles. The van der Waals surface area contributed by atoms with Gasteiger partial charge in [-0.3, -0.25) is 9.59 Å². The summed E-state index contributed by atoms with van der Waals surface area (Å²) in [5.41, 5.74) is 2.26. The number of ketones is 2. The summed E-state index contributed by atoms with van der Waals surface area (Å²) in [6.07, 6.45) is 2.06. The zero-order chi connectivity index (χ0) is 13.1. The molecular weight excluding hydrogens is 226 g/mol. The SMILES string of the molecule is CC(=O)c1cccc(C2CCNCC2)c1C(C)=O. The number of nitrogens with one attached hydrogen (secondary N) is 1. The van der Waals surface area contributed by atoms with Gasteiger partial charge in [-0.15, -0.1) is 0 Å². The molecule has 0 spiro atoms. The summed E-state index contributed by atoms with van der Waals surface area (Å²) in [4.78, 5) is 23.5. The van der Waals surface area contributed by atoms with Crippen molar-refractivity contribution in [3.05, 3.63) is 34.9 Å². The number of Topliss-reactive ketones (excluding diaryl/α,β-unsaturated/α-hetero) is 2. The summed E-state index contributed by atoms with van der Waals surface area (Å²) >= 11 is 0. The van der Waals surface area contributed by atoms with E-state index in [0.29, 0.717) is 17.0 Å². The van der Waals surface area contributed by atoms with Gasteiger partial charge in [-0.25, -0.2) is 0 Å². The molecule has 0 bridgehead atoms. The molecule has 3 heteroatoms. The van der Waals surface area contributed by atoms with Gasteiger partial charge in [0.25, 0.3) is 0 Å². The first-order valence-corrected chi connectivity index (χ1v) is 6.46. The topological polar surface area (TPSA) is 46.2 Å². The second kappa shape index (κ2) is 5.44. The lowest BCUT2D eigenvalue weighted by atomic mass is 9.83. The van der Waals surface area contributed by atoms with E-state index in [-0.39, 0.29) is 11.6 Å². The van der Waals surface area contributed by atoms with Gasteiger partial charge in [-0.05, 0) is 51.3 Å². The summed E-state index contributed by atoms with van der Waals surface area (Å²) in [5.74, 6) is 0.356. The first kappa shape index (κ1) is 13.0. The molecule has 1 aliphatic rings. The Morgan fingerprint density at radius 2 is 1.78 bits per heavy atom. The van der Waals surface area contributed by atoms with Gasteiger partial charge in [0.05, 0.1) is 0 Å². The monoisotopic (exact) mass is 245 g/mol. The molecule has 1 fully saturated rings. The molecule has 1 aromatic rings. The van der Waals surface area contributed by atoms with E-state index in [0.717, 1.165) is 31.5 Å². The van der Waals surface area contributed by atoms with E-state index in [1.54, 1.807) is 13.0 Å². The Kier molecular flexibility index (Phi) is 3.92. The molecule has 0 aromatic heterocycles. The maximum absolute atomic E-state index is 11.9. The van der Waals surface area contributed by atoms with Crippen molar-refractivity contribution in [1.29, 1.82) is 0 Å². The molecule has 3 nitrogen and oxygen atoms in total. The first-order chi connectivity index (χ1) is 8.61. The summed E-state index contributed by atoms with van der Waals surface area (Å²) < 4.78 is 0. The summed E-state index contributed by atoms with van der Waals surface area (Å²) in [6, 6.07) is 5.64. The van der Waals surface area contributed by atoms with Gasteiger partial charge in [0, 0.05) is 11.1 Å². The molecule has 1 aromatic carbocycles. The third kappa shape index (κ3) is 2.51. The van der Waals surface area contributed by atoms with Gasteiger partial charge < -0.3 is 5.32 Å². The van der Waals surface area contributed by atoms with Crippen molar-refractivity contribution in [2.75, 3.05) is 13.1 Å². The standard InChI is InChI=1S/C15H19NO2/c1-10(17)13-4-3-5-14(15(13)11(2)18)12-6-8-16-9-7-12/h3-5,12,16H,6-9H2,1-2H3. The highest BCUT2D eigenvalue weighted by atomic mass is 16.1. The zero-order valence-electron chi connectivity index (χ0n) is 11.0. The van der Waals surface area contributed by atoms with Crippen LogP contribution in [0, 0.1) is 0 Å². The molecule has 1 saturated heterocycles. The lowest BCUT2D eigenvalue weighted by molar-refractivity contribution is 0.0979. The fraction of sp³-hybridized carbons (Fsp3) is 0.467. The van der Waals surface area contributed by atoms with E-state index >= 15 is 0 Å². The van der Waals surface area contributed by atoms with E-state index in [9.17, 15) is 9.59 Å². The van der Waals surface area contributed by atoms with E-state index in [1.807, 2.05) is 12.1 Å². The van der Waals surface area contributed by atoms with Crippen LogP contribution in [0.3, 0.4) is 0 Å². The van der Waals surface area contributed by atoms with Gasteiger partial charge in [-0.1, -0.05) is 18.2 Å². The van der Waals surface area contributed by atoms with Crippen LogP contribution in [0.1, 0.15) is 58.9 Å². The van der Waals surface area contributed by atoms with E-state index in [4.69, 9.17) is 0 Å². The summed E-state index contributed by atoms with van der Waals surface area (Å²) in [6.45, 7) is 5.03. The molecule has 96 valence electrons. The number of hydrogen-bond acceptors (Lipinski definition) is 3. The van der Waals surface area contributed by atoms with Crippen LogP contribution in [-0.2, 0) is 0 Å². The van der Waals surface area contributed by atoms with Crippen molar-refractivity contribution < 1.29 is 9.59 Å². The lowest BCUT2D eigenvalue weighted by Crippen LogP contribution is -2.27. The Balaban J connectivity index is 2.48. The van der Waals surface area contributed by atoms with Crippen LogP contribution >= 0.6 is 0 Å². The number of hydrogen-bond donors (Lipinski definition) is 1. The Morgan fingerprint density at radius 1 is 1.11 bits per heavy atom. The van der Waals surface area contributed by atoms with Crippen LogP contribution in [-0.4, -0.2) is 24.7 Å². The molecule has 0 aliphatic carbocycles. The molecule has 0 radical (unpaired) electrons. The Hall–Kier alpha value is -1.48. The van der Waals surface area contributed by atoms with E-state index < -0.39 is 0 Å². The van der Waals surface area contributed by atoms with Crippen molar-refractivity contribution in [3.8, 4) is 0 Å². The van der Waals surface area contributed by atoms with Crippen LogP contribution in [0.5, 0.6) is 0 Å². The third-order valence-electron chi connectivity index (χ3n) is 3.61. The quantitative estimate of drug-likeness (QED) is 0.832. The van der Waals surface area contributed by atoms with Crippen LogP contribution in [0.25, 0.3) is 0 Å². The van der Waals surface area contributed by atoms with Gasteiger partial charge in [-0.2, -0.15) is 0 Å². The first-order valence-electron chi connectivity index (χ1n) is 6.46. The van der Waals surface area contributed by atoms with Crippen molar-refractivity contribution >= 4 is 11.6 Å². The van der Waals surface area contributed by atoms with Crippen molar-refractivity contribution in [1.82, 2.24) is 5.32 Å². The smallest absolute Gasteiger partial charge is 0.160 e. The Morgan fingerprint density at radius 3 is 2.33 bits per heavy atom. The predicted molar refractivity (Wildman–Crippen MR) is 71.3 cm³/mol. The van der Waals surface area contributed by atoms with Crippen LogP contribution in [0.2, 0.25) is 0 Å². The molecule has 0 unspecified atom stereocenters. The van der Waals surface area contributed by atoms with E-state index in [2.05, 4.69) is 5.32 Å². The minimum absolute atomic E-state index is 0.00525. The predicted octanol–water partition coefficient (Wildman–Crippen LogP) is 2.56.